The van der Waals surface area contributed by atoms with Gasteiger partial charge in [0.15, 0.2) is 11.9 Å². The molecule has 3 unspecified atom stereocenters. The van der Waals surface area contributed by atoms with E-state index < -0.39 is 18.2 Å². The van der Waals surface area contributed by atoms with Crippen molar-refractivity contribution in [3.63, 3.8) is 0 Å². The van der Waals surface area contributed by atoms with E-state index >= 15 is 0 Å². The number of Topliss-reactive ketones (excluding diaryl/α,β-unsaturated/α-hetero) is 1. The molecular formula is C29H35NO5. The van der Waals surface area contributed by atoms with Gasteiger partial charge in [0.05, 0.1) is 19.8 Å². The molecule has 2 fully saturated rings. The lowest BCUT2D eigenvalue weighted by Gasteiger charge is -2.35. The molecule has 1 saturated carbocycles. The van der Waals surface area contributed by atoms with Crippen molar-refractivity contribution in [2.45, 2.75) is 57.5 Å². The summed E-state index contributed by atoms with van der Waals surface area (Å²) >= 11 is 0. The second-order valence-corrected chi connectivity index (χ2v) is 9.05. The van der Waals surface area contributed by atoms with Crippen LogP contribution in [-0.2, 0) is 30.4 Å². The number of nitrogens with zero attached hydrogens (tertiary/aromatic N) is 1. The zero-order chi connectivity index (χ0) is 24.5. The predicted octanol–water partition coefficient (Wildman–Crippen LogP) is 4.57. The van der Waals surface area contributed by atoms with Gasteiger partial charge in [0.1, 0.15) is 12.1 Å². The van der Waals surface area contributed by atoms with Crippen molar-refractivity contribution in [1.82, 2.24) is 4.90 Å². The number of carbonyl (C=O) groups excluding carboxylic acids is 2. The Morgan fingerprint density at radius 1 is 1.03 bits per heavy atom. The molecule has 2 aliphatic rings. The van der Waals surface area contributed by atoms with Crippen LogP contribution < -0.4 is 0 Å². The van der Waals surface area contributed by atoms with Gasteiger partial charge in [0.2, 0.25) is 0 Å². The summed E-state index contributed by atoms with van der Waals surface area (Å²) in [6.07, 6.45) is 5.09. The summed E-state index contributed by atoms with van der Waals surface area (Å²) in [5.41, 5.74) is 3.32. The van der Waals surface area contributed by atoms with Crippen LogP contribution in [0.5, 0.6) is 0 Å². The Hall–Kier alpha value is -2.80. The van der Waals surface area contributed by atoms with Gasteiger partial charge in [0.25, 0.3) is 0 Å². The monoisotopic (exact) mass is 477 g/mol. The fraction of sp³-hybridized carbons (Fsp3) is 0.448. The van der Waals surface area contributed by atoms with Gasteiger partial charge in [-0.1, -0.05) is 73.7 Å². The van der Waals surface area contributed by atoms with E-state index in [0.29, 0.717) is 45.8 Å². The molecule has 4 rings (SSSR count). The van der Waals surface area contributed by atoms with Gasteiger partial charge < -0.3 is 14.2 Å². The van der Waals surface area contributed by atoms with Gasteiger partial charge in [-0.3, -0.25) is 14.5 Å². The first-order valence-electron chi connectivity index (χ1n) is 12.6. The number of hydrogen-bond acceptors (Lipinski definition) is 6. The quantitative estimate of drug-likeness (QED) is 0.369. The number of ketones is 1. The molecule has 0 N–H and O–H groups in total. The fourth-order valence-electron chi connectivity index (χ4n) is 4.71. The molecule has 1 aliphatic carbocycles. The van der Waals surface area contributed by atoms with Crippen LogP contribution in [0, 0.1) is 0 Å². The highest BCUT2D eigenvalue weighted by Gasteiger charge is 2.48. The number of esters is 1. The van der Waals surface area contributed by atoms with Crippen LogP contribution in [0.4, 0.5) is 0 Å². The maximum Gasteiger partial charge on any atom is 0.306 e. The Morgan fingerprint density at radius 3 is 2.46 bits per heavy atom. The van der Waals surface area contributed by atoms with Crippen molar-refractivity contribution in [3.8, 4) is 11.1 Å². The number of carbonyl (C=O) groups is 2. The first kappa shape index (κ1) is 25.3. The smallest absolute Gasteiger partial charge is 0.306 e. The van der Waals surface area contributed by atoms with Gasteiger partial charge in [-0.05, 0) is 29.5 Å². The Labute approximate surface area is 207 Å². The standard InChI is InChI=1S/C29H35NO5/c1-2-3-4-8-11-27(32)35-29-26(20-25(31)28(29)30-16-18-33-19-17-30)34-21-22-12-14-24(15-13-22)23-9-6-5-7-10-23/h3-7,9-10,12-15,26,28-29H,2,8,11,16-21H2,1H3. The summed E-state index contributed by atoms with van der Waals surface area (Å²) in [6, 6.07) is 18.0. The highest BCUT2D eigenvalue weighted by atomic mass is 16.6. The second kappa shape index (κ2) is 12.8. The second-order valence-electron chi connectivity index (χ2n) is 9.05. The zero-order valence-electron chi connectivity index (χ0n) is 20.4. The summed E-state index contributed by atoms with van der Waals surface area (Å²) < 4.78 is 17.6. The highest BCUT2D eigenvalue weighted by Crippen LogP contribution is 2.29. The van der Waals surface area contributed by atoms with E-state index in [-0.39, 0.29) is 18.2 Å². The molecule has 1 aliphatic heterocycles. The zero-order valence-corrected chi connectivity index (χ0v) is 20.4. The van der Waals surface area contributed by atoms with E-state index in [2.05, 4.69) is 36.1 Å². The summed E-state index contributed by atoms with van der Waals surface area (Å²) in [5.74, 6) is -0.218. The number of benzene rings is 2. The molecule has 0 aromatic heterocycles. The van der Waals surface area contributed by atoms with Crippen molar-refractivity contribution < 1.29 is 23.8 Å². The first-order valence-corrected chi connectivity index (χ1v) is 12.6. The number of hydrogen-bond donors (Lipinski definition) is 0. The fourth-order valence-corrected chi connectivity index (χ4v) is 4.71. The van der Waals surface area contributed by atoms with Crippen LogP contribution in [0.15, 0.2) is 66.7 Å². The van der Waals surface area contributed by atoms with Crippen molar-refractivity contribution in [2.75, 3.05) is 26.3 Å². The summed E-state index contributed by atoms with van der Waals surface area (Å²) in [5, 5.41) is 0. The largest absolute Gasteiger partial charge is 0.457 e. The first-order chi connectivity index (χ1) is 17.2. The number of morpholine rings is 1. The maximum atomic E-state index is 13.0. The topological polar surface area (TPSA) is 65.1 Å². The molecule has 3 atom stereocenters. The van der Waals surface area contributed by atoms with Crippen LogP contribution in [0.2, 0.25) is 0 Å². The van der Waals surface area contributed by atoms with Crippen molar-refractivity contribution in [2.24, 2.45) is 0 Å². The molecule has 0 amide bonds. The van der Waals surface area contributed by atoms with Crippen molar-refractivity contribution in [3.05, 3.63) is 72.3 Å². The normalized spacial score (nSPS) is 23.1. The van der Waals surface area contributed by atoms with E-state index in [4.69, 9.17) is 14.2 Å². The van der Waals surface area contributed by atoms with Crippen molar-refractivity contribution >= 4 is 11.8 Å². The van der Waals surface area contributed by atoms with E-state index in [1.807, 2.05) is 42.5 Å². The summed E-state index contributed by atoms with van der Waals surface area (Å²) in [4.78, 5) is 27.7. The average Bonchev–Trinajstić information content (AvgIpc) is 3.21. The van der Waals surface area contributed by atoms with Crippen molar-refractivity contribution in [1.29, 1.82) is 0 Å². The molecule has 2 aromatic rings. The summed E-state index contributed by atoms with van der Waals surface area (Å²) in [6.45, 7) is 4.87. The van der Waals surface area contributed by atoms with Crippen LogP contribution in [0.3, 0.4) is 0 Å². The molecular weight excluding hydrogens is 442 g/mol. The van der Waals surface area contributed by atoms with Gasteiger partial charge in [0, 0.05) is 25.9 Å². The Morgan fingerprint density at radius 2 is 1.74 bits per heavy atom. The van der Waals surface area contributed by atoms with Gasteiger partial charge >= 0.3 is 5.97 Å². The lowest BCUT2D eigenvalue weighted by molar-refractivity contribution is -0.161. The van der Waals surface area contributed by atoms with Gasteiger partial charge in [-0.25, -0.2) is 0 Å². The highest BCUT2D eigenvalue weighted by molar-refractivity contribution is 5.88. The average molecular weight is 478 g/mol. The number of allylic oxidation sites excluding steroid dienone is 2. The Kier molecular flexibility index (Phi) is 9.23. The molecule has 1 heterocycles. The molecule has 2 aromatic carbocycles. The van der Waals surface area contributed by atoms with Crippen LogP contribution in [0.1, 0.15) is 38.2 Å². The van der Waals surface area contributed by atoms with Crippen LogP contribution in [0.25, 0.3) is 11.1 Å². The SMILES string of the molecule is CCC=CCCC(=O)OC1C(OCc2ccc(-c3ccccc3)cc2)CC(=O)C1N1CCOCC1. The molecule has 0 bridgehead atoms. The lowest BCUT2D eigenvalue weighted by atomic mass is 10.0. The molecule has 0 radical (unpaired) electrons. The minimum atomic E-state index is -0.605. The molecule has 186 valence electrons. The predicted molar refractivity (Wildman–Crippen MR) is 135 cm³/mol. The molecule has 6 nitrogen and oxygen atoms in total. The lowest BCUT2D eigenvalue weighted by Crippen LogP contribution is -2.52. The minimum Gasteiger partial charge on any atom is -0.457 e. The van der Waals surface area contributed by atoms with Gasteiger partial charge in [-0.2, -0.15) is 0 Å². The minimum absolute atomic E-state index is 0.0694. The third kappa shape index (κ3) is 6.88. The van der Waals surface area contributed by atoms with E-state index in [0.717, 1.165) is 23.1 Å². The third-order valence-electron chi connectivity index (χ3n) is 6.56. The van der Waals surface area contributed by atoms with E-state index in [1.165, 1.54) is 0 Å². The number of rotatable bonds is 10. The van der Waals surface area contributed by atoms with E-state index in [1.54, 1.807) is 0 Å². The Balaban J connectivity index is 1.41. The molecule has 1 saturated heterocycles. The Bertz CT molecular complexity index is 982. The van der Waals surface area contributed by atoms with E-state index in [9.17, 15) is 9.59 Å². The third-order valence-corrected chi connectivity index (χ3v) is 6.56. The maximum absolute atomic E-state index is 13.0. The van der Waals surface area contributed by atoms with Gasteiger partial charge in [-0.15, -0.1) is 0 Å². The molecule has 0 spiro atoms. The van der Waals surface area contributed by atoms with Crippen LogP contribution in [-0.4, -0.2) is 61.2 Å². The number of ether oxygens (including phenoxy) is 3. The van der Waals surface area contributed by atoms with Crippen LogP contribution >= 0.6 is 0 Å². The molecule has 6 heteroatoms. The molecule has 35 heavy (non-hydrogen) atoms. The summed E-state index contributed by atoms with van der Waals surface area (Å²) in [7, 11) is 0.